The molecule has 7 heteroatoms. The van der Waals surface area contributed by atoms with Gasteiger partial charge in [0.15, 0.2) is 0 Å². The van der Waals surface area contributed by atoms with Crippen molar-refractivity contribution in [1.29, 1.82) is 0 Å². The van der Waals surface area contributed by atoms with Gasteiger partial charge in [0.2, 0.25) is 0 Å². The first-order chi connectivity index (χ1) is 15.7. The van der Waals surface area contributed by atoms with Gasteiger partial charge in [-0.3, -0.25) is 0 Å². The number of rotatable bonds is 5. The largest absolute Gasteiger partial charge is 0.477 e. The maximum Gasteiger partial charge on any atom is 0.354 e. The van der Waals surface area contributed by atoms with E-state index in [0.717, 1.165) is 23.0 Å². The Bertz CT molecular complexity index is 1210. The minimum Gasteiger partial charge on any atom is -0.477 e. The van der Waals surface area contributed by atoms with E-state index in [9.17, 15) is 4.79 Å². The molecule has 0 aliphatic heterocycles. The summed E-state index contributed by atoms with van der Waals surface area (Å²) in [6.07, 6.45) is 2.36. The summed E-state index contributed by atoms with van der Waals surface area (Å²) in [4.78, 5) is 23.2. The number of pyridine rings is 1. The van der Waals surface area contributed by atoms with Gasteiger partial charge in [-0.25, -0.2) is 9.78 Å². The molecule has 3 aromatic carbocycles. The van der Waals surface area contributed by atoms with Crippen molar-refractivity contribution in [3.05, 3.63) is 121 Å². The second-order valence-corrected chi connectivity index (χ2v) is 9.50. The van der Waals surface area contributed by atoms with Crippen LogP contribution in [0.15, 0.2) is 109 Å². The molecule has 5 nitrogen and oxygen atoms in total. The van der Waals surface area contributed by atoms with E-state index in [2.05, 4.69) is 65.6 Å². The van der Waals surface area contributed by atoms with Gasteiger partial charge in [-0.15, -0.1) is 0 Å². The fraction of sp³-hybridized carbons (Fsp3) is 0.0385. The molecule has 0 aliphatic carbocycles. The molecule has 167 valence electrons. The molecule has 0 amide bonds. The van der Waals surface area contributed by atoms with Gasteiger partial charge < -0.3 is 15.1 Å². The minimum absolute atomic E-state index is 0. The zero-order chi connectivity index (χ0) is 22.2. The second-order valence-electron chi connectivity index (χ2n) is 7.04. The van der Waals surface area contributed by atoms with Gasteiger partial charge in [-0.2, -0.15) is 0 Å². The van der Waals surface area contributed by atoms with E-state index < -0.39 is 13.9 Å². The summed E-state index contributed by atoms with van der Waals surface area (Å²) in [5.41, 5.74) is 2.06. The number of carboxylic acid groups (broad SMARTS) is 1. The smallest absolute Gasteiger partial charge is 0.354 e. The Morgan fingerprint density at radius 2 is 1.36 bits per heavy atom. The maximum atomic E-state index is 10.1. The van der Waals surface area contributed by atoms with Gasteiger partial charge in [0, 0.05) is 26.3 Å². The van der Waals surface area contributed by atoms with Crippen molar-refractivity contribution in [2.75, 3.05) is 0 Å². The van der Waals surface area contributed by atoms with Crippen LogP contribution in [0.1, 0.15) is 16.3 Å². The van der Waals surface area contributed by atoms with Crippen molar-refractivity contribution in [3.63, 3.8) is 0 Å². The molecule has 1 radical (unpaired) electrons. The van der Waals surface area contributed by atoms with Crippen molar-refractivity contribution in [1.82, 2.24) is 15.0 Å². The van der Waals surface area contributed by atoms with Crippen LogP contribution < -0.4 is 15.6 Å². The molecule has 0 fully saturated rings. The van der Waals surface area contributed by atoms with Crippen LogP contribution in [-0.4, -0.2) is 21.0 Å². The number of imidazole rings is 1. The number of carbonyl (C=O) groups is 1. The zero-order valence-corrected chi connectivity index (χ0v) is 21.0. The van der Waals surface area contributed by atoms with Gasteiger partial charge in [-0.1, -0.05) is 66.7 Å². The summed E-state index contributed by atoms with van der Waals surface area (Å²) in [5.74, 6) is -0.0385. The Labute approximate surface area is 207 Å². The summed E-state index contributed by atoms with van der Waals surface area (Å²) in [6.45, 7) is 0. The average molecular weight is 632 g/mol. The first-order valence-electron chi connectivity index (χ1n) is 10.2. The summed E-state index contributed by atoms with van der Waals surface area (Å²) >= 11 is 0. The molecule has 0 aliphatic rings. The van der Waals surface area contributed by atoms with Crippen LogP contribution in [0, 0.1) is 0 Å². The Balaban J connectivity index is 0.000000260. The summed E-state index contributed by atoms with van der Waals surface area (Å²) in [7, 11) is -0.924. The molecule has 0 atom stereocenters. The van der Waals surface area contributed by atoms with E-state index in [4.69, 9.17) is 15.1 Å². The molecule has 5 rings (SSSR count). The predicted molar refractivity (Wildman–Crippen MR) is 130 cm³/mol. The molecule has 0 unspecified atom stereocenters. The number of nitrogens with zero attached hydrogens (tertiary/aromatic N) is 3. The topological polar surface area (TPSA) is 77.2 Å². The molecule has 0 saturated heterocycles. The maximum absolute atomic E-state index is 10.1. The summed E-state index contributed by atoms with van der Waals surface area (Å²) in [5, 5.41) is 11.1. The van der Waals surface area contributed by atoms with Crippen LogP contribution in [0.3, 0.4) is 0 Å². The molecule has 0 bridgehead atoms. The Morgan fingerprint density at radius 1 is 0.788 bits per heavy atom. The SMILES string of the molecule is O=C(O)c1ccccn1.[Ir].c1ccc([PH+](Cc2nc3ccccc3[n-]2)c2ccccc2)cc1. The molecule has 33 heavy (non-hydrogen) atoms. The fourth-order valence-electron chi connectivity index (χ4n) is 3.33. The summed E-state index contributed by atoms with van der Waals surface area (Å²) in [6, 6.07) is 34.4. The van der Waals surface area contributed by atoms with Crippen LogP contribution in [0.4, 0.5) is 0 Å². The average Bonchev–Trinajstić information content (AvgIpc) is 3.27. The monoisotopic (exact) mass is 632 g/mol. The number of carboxylic acids is 1. The molecule has 5 aromatic rings. The summed E-state index contributed by atoms with van der Waals surface area (Å²) < 4.78 is 0. The molecule has 1 N–H and O–H groups in total. The standard InChI is InChI=1S/C20H16N2P.C6H5NO2.Ir/c1-3-9-16(10-4-1)23(17-11-5-2-6-12-17)15-20-21-18-13-7-8-14-19(18)22-20;8-6(9)5-3-1-2-4-7-5;/h1-14H,15H2;1-4H,(H,8,9);/q-1;;/p+1. The fourth-order valence-corrected chi connectivity index (χ4v) is 5.74. The van der Waals surface area contributed by atoms with Crippen LogP contribution in [0.25, 0.3) is 11.0 Å². The van der Waals surface area contributed by atoms with Gasteiger partial charge in [0.05, 0.1) is 24.7 Å². The number of hydrogen-bond donors (Lipinski definition) is 1. The van der Waals surface area contributed by atoms with E-state index in [1.807, 2.05) is 24.3 Å². The number of fused-ring (bicyclic) bond motifs is 1. The van der Waals surface area contributed by atoms with Gasteiger partial charge >= 0.3 is 5.97 Å². The van der Waals surface area contributed by atoms with Gasteiger partial charge in [0.25, 0.3) is 0 Å². The molecular formula is C26H22IrN3O2P. The van der Waals surface area contributed by atoms with Crippen LogP contribution in [0.5, 0.6) is 0 Å². The Morgan fingerprint density at radius 3 is 1.88 bits per heavy atom. The third kappa shape index (κ3) is 6.66. The number of hydrogen-bond acceptors (Lipinski definition) is 3. The van der Waals surface area contributed by atoms with Gasteiger partial charge in [-0.05, 0) is 53.3 Å². The van der Waals surface area contributed by atoms with Crippen molar-refractivity contribution >= 4 is 35.5 Å². The number of aromatic carboxylic acids is 1. The van der Waals surface area contributed by atoms with Crippen molar-refractivity contribution in [2.24, 2.45) is 0 Å². The van der Waals surface area contributed by atoms with E-state index in [-0.39, 0.29) is 25.8 Å². The Hall–Kier alpha value is -3.17. The van der Waals surface area contributed by atoms with E-state index in [1.54, 1.807) is 12.1 Å². The normalized spacial score (nSPS) is 10.2. The van der Waals surface area contributed by atoms with Gasteiger partial charge in [0.1, 0.15) is 5.69 Å². The van der Waals surface area contributed by atoms with E-state index >= 15 is 0 Å². The van der Waals surface area contributed by atoms with E-state index in [0.29, 0.717) is 0 Å². The third-order valence-corrected chi connectivity index (χ3v) is 7.57. The van der Waals surface area contributed by atoms with Crippen molar-refractivity contribution in [3.8, 4) is 0 Å². The quantitative estimate of drug-likeness (QED) is 0.293. The third-order valence-electron chi connectivity index (χ3n) is 4.84. The van der Waals surface area contributed by atoms with E-state index in [1.165, 1.54) is 22.9 Å². The molecule has 0 saturated carbocycles. The second kappa shape index (κ2) is 12.2. The van der Waals surface area contributed by atoms with Crippen molar-refractivity contribution in [2.45, 2.75) is 6.16 Å². The number of para-hydroxylation sites is 2. The van der Waals surface area contributed by atoms with Crippen LogP contribution >= 0.6 is 7.92 Å². The molecular weight excluding hydrogens is 609 g/mol. The molecule has 0 spiro atoms. The predicted octanol–water partition coefficient (Wildman–Crippen LogP) is 4.33. The Kier molecular flexibility index (Phi) is 9.03. The first-order valence-corrected chi connectivity index (χ1v) is 11.9. The zero-order valence-electron chi connectivity index (χ0n) is 17.6. The number of benzene rings is 3. The molecule has 2 aromatic heterocycles. The number of aromatic nitrogens is 3. The van der Waals surface area contributed by atoms with Crippen LogP contribution in [-0.2, 0) is 26.3 Å². The first kappa shape index (κ1) is 24.5. The molecule has 2 heterocycles. The van der Waals surface area contributed by atoms with Crippen molar-refractivity contribution < 1.29 is 30.0 Å². The minimum atomic E-state index is -0.990. The van der Waals surface area contributed by atoms with Crippen LogP contribution in [0.2, 0.25) is 0 Å².